The van der Waals surface area contributed by atoms with Gasteiger partial charge in [0.15, 0.2) is 0 Å². The Balaban J connectivity index is 1.87. The van der Waals surface area contributed by atoms with E-state index in [1.165, 1.54) is 22.3 Å². The first-order valence-electron chi connectivity index (χ1n) is 7.26. The average Bonchev–Trinajstić information content (AvgIpc) is 2.84. The Kier molecular flexibility index (Phi) is 3.60. The van der Waals surface area contributed by atoms with E-state index in [2.05, 4.69) is 54.3 Å². The van der Waals surface area contributed by atoms with Crippen molar-refractivity contribution in [1.29, 1.82) is 0 Å². The van der Waals surface area contributed by atoms with Crippen LogP contribution in [0.25, 0.3) is 11.1 Å². The molecule has 1 N–H and O–H groups in total. The third-order valence-electron chi connectivity index (χ3n) is 4.23. The zero-order valence-corrected chi connectivity index (χ0v) is 12.1. The molecule has 2 aromatic rings. The molecule has 0 bridgehead atoms. The van der Waals surface area contributed by atoms with Gasteiger partial charge in [0.05, 0.1) is 6.10 Å². The topological polar surface area (TPSA) is 23.5 Å². The fourth-order valence-electron chi connectivity index (χ4n) is 2.90. The Morgan fingerprint density at radius 2 is 1.85 bits per heavy atom. The van der Waals surface area contributed by atoms with Crippen molar-refractivity contribution in [2.75, 3.05) is 20.1 Å². The van der Waals surface area contributed by atoms with Gasteiger partial charge in [-0.05, 0) is 47.8 Å². The lowest BCUT2D eigenvalue weighted by Crippen LogP contribution is -2.24. The molecule has 1 aliphatic carbocycles. The summed E-state index contributed by atoms with van der Waals surface area (Å²) in [6.45, 7) is 3.74. The van der Waals surface area contributed by atoms with Crippen molar-refractivity contribution in [2.45, 2.75) is 19.4 Å². The molecule has 3 rings (SSSR count). The van der Waals surface area contributed by atoms with Gasteiger partial charge in [-0.3, -0.25) is 0 Å². The third kappa shape index (κ3) is 2.37. The normalized spacial score (nSPS) is 14.2. The van der Waals surface area contributed by atoms with Crippen LogP contribution in [-0.2, 0) is 6.42 Å². The lowest BCUT2D eigenvalue weighted by Gasteiger charge is -2.19. The van der Waals surface area contributed by atoms with Crippen molar-refractivity contribution < 1.29 is 5.11 Å². The van der Waals surface area contributed by atoms with E-state index in [4.69, 9.17) is 0 Å². The van der Waals surface area contributed by atoms with Crippen molar-refractivity contribution in [2.24, 2.45) is 0 Å². The Hall–Kier alpha value is -1.64. The minimum Gasteiger partial charge on any atom is -0.387 e. The van der Waals surface area contributed by atoms with Crippen molar-refractivity contribution in [3.63, 3.8) is 0 Å². The van der Waals surface area contributed by atoms with Crippen molar-refractivity contribution in [3.05, 3.63) is 59.2 Å². The minimum atomic E-state index is -0.408. The molecular formula is C18H21NO. The second-order valence-corrected chi connectivity index (χ2v) is 5.62. The fourth-order valence-corrected chi connectivity index (χ4v) is 2.90. The lowest BCUT2D eigenvalue weighted by molar-refractivity contribution is 0.129. The quantitative estimate of drug-likeness (QED) is 0.784. The Bertz CT molecular complexity index is 621. The number of aliphatic hydroxyl groups excluding tert-OH is 1. The monoisotopic (exact) mass is 267 g/mol. The number of hydrogen-bond donors (Lipinski definition) is 1. The molecule has 0 aromatic heterocycles. The average molecular weight is 267 g/mol. The van der Waals surface area contributed by atoms with Crippen LogP contribution in [0, 0.1) is 0 Å². The van der Waals surface area contributed by atoms with Crippen LogP contribution in [0.5, 0.6) is 0 Å². The maximum Gasteiger partial charge on any atom is 0.0916 e. The molecule has 20 heavy (non-hydrogen) atoms. The van der Waals surface area contributed by atoms with Crippen LogP contribution in [0.15, 0.2) is 42.5 Å². The third-order valence-corrected chi connectivity index (χ3v) is 4.23. The summed E-state index contributed by atoms with van der Waals surface area (Å²) >= 11 is 0. The van der Waals surface area contributed by atoms with Gasteiger partial charge in [-0.25, -0.2) is 0 Å². The van der Waals surface area contributed by atoms with Gasteiger partial charge >= 0.3 is 0 Å². The number of nitrogens with zero attached hydrogens (tertiary/aromatic N) is 1. The number of rotatable bonds is 4. The first-order valence-corrected chi connectivity index (χ1v) is 7.26. The summed E-state index contributed by atoms with van der Waals surface area (Å²) in [4.78, 5) is 2.13. The fraction of sp³-hybridized carbons (Fsp3) is 0.333. The van der Waals surface area contributed by atoms with Gasteiger partial charge in [0.1, 0.15) is 0 Å². The van der Waals surface area contributed by atoms with E-state index in [9.17, 15) is 5.11 Å². The van der Waals surface area contributed by atoms with Crippen LogP contribution < -0.4 is 0 Å². The largest absolute Gasteiger partial charge is 0.387 e. The smallest absolute Gasteiger partial charge is 0.0916 e. The summed E-state index contributed by atoms with van der Waals surface area (Å²) in [7, 11) is 2.03. The highest BCUT2D eigenvalue weighted by Gasteiger charge is 2.19. The van der Waals surface area contributed by atoms with Gasteiger partial charge in [-0.2, -0.15) is 0 Å². The van der Waals surface area contributed by atoms with Crippen LogP contribution in [0.2, 0.25) is 0 Å². The molecule has 0 aliphatic heterocycles. The number of aliphatic hydroxyl groups is 1. The van der Waals surface area contributed by atoms with Crippen molar-refractivity contribution in [3.8, 4) is 11.1 Å². The molecule has 0 saturated heterocycles. The van der Waals surface area contributed by atoms with Gasteiger partial charge in [0.25, 0.3) is 0 Å². The summed E-state index contributed by atoms with van der Waals surface area (Å²) in [6.07, 6.45) is 0.573. The Labute approximate surface area is 120 Å². The molecule has 2 aromatic carbocycles. The van der Waals surface area contributed by atoms with Crippen molar-refractivity contribution >= 4 is 0 Å². The van der Waals surface area contributed by atoms with E-state index in [-0.39, 0.29) is 0 Å². The van der Waals surface area contributed by atoms with Crippen LogP contribution >= 0.6 is 0 Å². The summed E-state index contributed by atoms with van der Waals surface area (Å²) in [6, 6.07) is 15.0. The Morgan fingerprint density at radius 1 is 1.10 bits per heavy atom. The molecule has 1 atom stereocenters. The van der Waals surface area contributed by atoms with Crippen LogP contribution in [0.1, 0.15) is 29.7 Å². The molecule has 0 heterocycles. The van der Waals surface area contributed by atoms with Gasteiger partial charge in [-0.1, -0.05) is 49.4 Å². The standard InChI is InChI=1S/C18H21NO/c1-3-19(2)12-18(20)14-8-9-17-15(11-14)10-13-6-4-5-7-16(13)17/h4-9,11,18,20H,3,10,12H2,1-2H3. The lowest BCUT2D eigenvalue weighted by atomic mass is 10.0. The zero-order valence-electron chi connectivity index (χ0n) is 12.1. The molecular weight excluding hydrogens is 246 g/mol. The van der Waals surface area contributed by atoms with E-state index in [0.717, 1.165) is 18.5 Å². The minimum absolute atomic E-state index is 0.408. The maximum atomic E-state index is 10.3. The molecule has 1 aliphatic rings. The van der Waals surface area contributed by atoms with Crippen LogP contribution in [-0.4, -0.2) is 30.1 Å². The molecule has 2 heteroatoms. The van der Waals surface area contributed by atoms with E-state index in [1.807, 2.05) is 7.05 Å². The summed E-state index contributed by atoms with van der Waals surface area (Å²) < 4.78 is 0. The zero-order chi connectivity index (χ0) is 14.1. The molecule has 0 radical (unpaired) electrons. The molecule has 104 valence electrons. The van der Waals surface area contributed by atoms with Crippen molar-refractivity contribution in [1.82, 2.24) is 4.90 Å². The molecule has 0 fully saturated rings. The summed E-state index contributed by atoms with van der Waals surface area (Å²) in [5, 5.41) is 10.3. The molecule has 0 amide bonds. The number of hydrogen-bond acceptors (Lipinski definition) is 2. The molecule has 0 spiro atoms. The van der Waals surface area contributed by atoms with Gasteiger partial charge < -0.3 is 10.0 Å². The molecule has 0 saturated carbocycles. The highest BCUT2D eigenvalue weighted by atomic mass is 16.3. The second kappa shape index (κ2) is 5.39. The van der Waals surface area contributed by atoms with Gasteiger partial charge in [0.2, 0.25) is 0 Å². The first kappa shape index (κ1) is 13.3. The Morgan fingerprint density at radius 3 is 2.65 bits per heavy atom. The van der Waals surface area contributed by atoms with E-state index in [1.54, 1.807) is 0 Å². The molecule has 2 nitrogen and oxygen atoms in total. The van der Waals surface area contributed by atoms with Gasteiger partial charge in [0, 0.05) is 6.54 Å². The predicted molar refractivity (Wildman–Crippen MR) is 82.8 cm³/mol. The first-order chi connectivity index (χ1) is 9.69. The highest BCUT2D eigenvalue weighted by molar-refractivity contribution is 5.76. The van der Waals surface area contributed by atoms with Crippen LogP contribution in [0.4, 0.5) is 0 Å². The number of likely N-dealkylation sites (N-methyl/N-ethyl adjacent to an activating group) is 1. The molecule has 1 unspecified atom stereocenters. The van der Waals surface area contributed by atoms with E-state index in [0.29, 0.717) is 6.54 Å². The highest BCUT2D eigenvalue weighted by Crippen LogP contribution is 2.37. The summed E-state index contributed by atoms with van der Waals surface area (Å²) in [5.41, 5.74) is 6.41. The predicted octanol–water partition coefficient (Wildman–Crippen LogP) is 3.24. The van der Waals surface area contributed by atoms with Crippen LogP contribution in [0.3, 0.4) is 0 Å². The van der Waals surface area contributed by atoms with E-state index < -0.39 is 6.10 Å². The second-order valence-electron chi connectivity index (χ2n) is 5.62. The van der Waals surface area contributed by atoms with Gasteiger partial charge in [-0.15, -0.1) is 0 Å². The SMILES string of the molecule is CCN(C)CC(O)c1ccc2c(c1)Cc1ccccc1-2. The van der Waals surface area contributed by atoms with E-state index >= 15 is 0 Å². The number of fused-ring (bicyclic) bond motifs is 3. The maximum absolute atomic E-state index is 10.3. The summed E-state index contributed by atoms with van der Waals surface area (Å²) in [5.74, 6) is 0. The number of benzene rings is 2.